The standard InChI is InChI=1S/C16H29ClO/c1-2-3-4-5-6-7-8-9-10-11-12-13-14-15-16(17)18/h2H,1,3-15H2. The Morgan fingerprint density at radius 1 is 0.778 bits per heavy atom. The minimum Gasteiger partial charge on any atom is -0.281 e. The molecule has 0 radical (unpaired) electrons. The second kappa shape index (κ2) is 14.8. The molecule has 0 spiro atoms. The number of carbonyl (C=O) groups excluding carboxylic acids is 1. The molecule has 0 aromatic heterocycles. The molecular formula is C16H29ClO. The Kier molecular flexibility index (Phi) is 14.5. The van der Waals surface area contributed by atoms with E-state index in [-0.39, 0.29) is 5.24 Å². The van der Waals surface area contributed by atoms with E-state index in [2.05, 4.69) is 6.58 Å². The van der Waals surface area contributed by atoms with Gasteiger partial charge in [-0.05, 0) is 30.9 Å². The van der Waals surface area contributed by atoms with Crippen molar-refractivity contribution in [2.24, 2.45) is 0 Å². The van der Waals surface area contributed by atoms with Crippen LogP contribution in [0, 0.1) is 0 Å². The Balaban J connectivity index is 2.94. The Morgan fingerprint density at radius 3 is 1.56 bits per heavy atom. The van der Waals surface area contributed by atoms with Gasteiger partial charge in [-0.15, -0.1) is 6.58 Å². The number of rotatable bonds is 14. The third-order valence-electron chi connectivity index (χ3n) is 3.28. The topological polar surface area (TPSA) is 17.1 Å². The van der Waals surface area contributed by atoms with Crippen molar-refractivity contribution >= 4 is 16.8 Å². The van der Waals surface area contributed by atoms with Gasteiger partial charge in [0.1, 0.15) is 0 Å². The second-order valence-electron chi connectivity index (χ2n) is 5.07. The highest BCUT2D eigenvalue weighted by molar-refractivity contribution is 6.63. The fraction of sp³-hybridized carbons (Fsp3) is 0.812. The Hall–Kier alpha value is -0.300. The molecular weight excluding hydrogens is 244 g/mol. The third-order valence-corrected chi connectivity index (χ3v) is 3.47. The molecule has 0 saturated heterocycles. The number of hydrogen-bond donors (Lipinski definition) is 0. The van der Waals surface area contributed by atoms with E-state index in [1.165, 1.54) is 64.2 Å². The van der Waals surface area contributed by atoms with Gasteiger partial charge in [0, 0.05) is 6.42 Å². The van der Waals surface area contributed by atoms with Gasteiger partial charge in [0.05, 0.1) is 0 Å². The van der Waals surface area contributed by atoms with Gasteiger partial charge in [-0.3, -0.25) is 4.79 Å². The van der Waals surface area contributed by atoms with E-state index >= 15 is 0 Å². The molecule has 2 heteroatoms. The highest BCUT2D eigenvalue weighted by atomic mass is 35.5. The highest BCUT2D eigenvalue weighted by Crippen LogP contribution is 2.12. The molecule has 0 aliphatic carbocycles. The molecule has 0 aromatic rings. The lowest BCUT2D eigenvalue weighted by atomic mass is 10.0. The summed E-state index contributed by atoms with van der Waals surface area (Å²) >= 11 is 5.28. The van der Waals surface area contributed by atoms with E-state index in [9.17, 15) is 4.79 Å². The van der Waals surface area contributed by atoms with Crippen molar-refractivity contribution in [2.75, 3.05) is 0 Å². The van der Waals surface area contributed by atoms with Crippen LogP contribution in [0.2, 0.25) is 0 Å². The van der Waals surface area contributed by atoms with E-state index < -0.39 is 0 Å². The first-order valence-electron chi connectivity index (χ1n) is 7.56. The molecule has 0 unspecified atom stereocenters. The maximum atomic E-state index is 10.5. The lowest BCUT2D eigenvalue weighted by Gasteiger charge is -2.02. The van der Waals surface area contributed by atoms with Crippen molar-refractivity contribution in [2.45, 2.75) is 83.5 Å². The van der Waals surface area contributed by atoms with Gasteiger partial charge in [0.15, 0.2) is 0 Å². The van der Waals surface area contributed by atoms with Crippen LogP contribution < -0.4 is 0 Å². The van der Waals surface area contributed by atoms with Gasteiger partial charge in [0.2, 0.25) is 5.24 Å². The van der Waals surface area contributed by atoms with Gasteiger partial charge in [-0.2, -0.15) is 0 Å². The number of unbranched alkanes of at least 4 members (excludes halogenated alkanes) is 11. The molecule has 0 bridgehead atoms. The van der Waals surface area contributed by atoms with Crippen molar-refractivity contribution in [3.05, 3.63) is 12.7 Å². The van der Waals surface area contributed by atoms with Gasteiger partial charge in [-0.25, -0.2) is 0 Å². The highest BCUT2D eigenvalue weighted by Gasteiger charge is 1.96. The summed E-state index contributed by atoms with van der Waals surface area (Å²) in [6.45, 7) is 3.73. The lowest BCUT2D eigenvalue weighted by Crippen LogP contribution is -1.86. The van der Waals surface area contributed by atoms with Crippen LogP contribution in [0.3, 0.4) is 0 Å². The largest absolute Gasteiger partial charge is 0.281 e. The van der Waals surface area contributed by atoms with E-state index in [4.69, 9.17) is 11.6 Å². The van der Waals surface area contributed by atoms with E-state index in [0.29, 0.717) is 6.42 Å². The minimum absolute atomic E-state index is 0.188. The van der Waals surface area contributed by atoms with Crippen molar-refractivity contribution in [3.63, 3.8) is 0 Å². The van der Waals surface area contributed by atoms with Gasteiger partial charge in [-0.1, -0.05) is 63.9 Å². The smallest absolute Gasteiger partial charge is 0.221 e. The first-order valence-corrected chi connectivity index (χ1v) is 7.94. The van der Waals surface area contributed by atoms with E-state index in [0.717, 1.165) is 12.8 Å². The SMILES string of the molecule is C=CCCCCCCCCCCCCCC(=O)Cl. The molecule has 106 valence electrons. The van der Waals surface area contributed by atoms with Crippen molar-refractivity contribution in [1.29, 1.82) is 0 Å². The van der Waals surface area contributed by atoms with Crippen LogP contribution in [0.5, 0.6) is 0 Å². The summed E-state index contributed by atoms with van der Waals surface area (Å²) in [4.78, 5) is 10.5. The predicted molar refractivity (Wildman–Crippen MR) is 81.1 cm³/mol. The van der Waals surface area contributed by atoms with E-state index in [1.54, 1.807) is 0 Å². The fourth-order valence-corrected chi connectivity index (χ4v) is 2.28. The van der Waals surface area contributed by atoms with Gasteiger partial charge < -0.3 is 0 Å². The fourth-order valence-electron chi connectivity index (χ4n) is 2.14. The van der Waals surface area contributed by atoms with Gasteiger partial charge in [0.25, 0.3) is 0 Å². The number of allylic oxidation sites excluding steroid dienone is 1. The summed E-state index contributed by atoms with van der Waals surface area (Å²) in [5.74, 6) is 0. The maximum Gasteiger partial charge on any atom is 0.221 e. The summed E-state index contributed by atoms with van der Waals surface area (Å²) < 4.78 is 0. The van der Waals surface area contributed by atoms with Crippen LogP contribution in [0.25, 0.3) is 0 Å². The van der Waals surface area contributed by atoms with Crippen LogP contribution in [0.1, 0.15) is 83.5 Å². The average Bonchev–Trinajstić information content (AvgIpc) is 2.34. The third kappa shape index (κ3) is 15.7. The van der Waals surface area contributed by atoms with Crippen molar-refractivity contribution in [3.8, 4) is 0 Å². The quantitative estimate of drug-likeness (QED) is 0.215. The molecule has 0 aliphatic heterocycles. The first kappa shape index (κ1) is 17.7. The molecule has 0 saturated carbocycles. The number of hydrogen-bond acceptors (Lipinski definition) is 1. The molecule has 0 atom stereocenters. The molecule has 0 amide bonds. The number of halogens is 1. The zero-order chi connectivity index (χ0) is 13.5. The molecule has 0 aliphatic rings. The zero-order valence-corrected chi connectivity index (χ0v) is 12.5. The summed E-state index contributed by atoms with van der Waals surface area (Å²) in [5.41, 5.74) is 0. The van der Waals surface area contributed by atoms with Crippen LogP contribution in [0.15, 0.2) is 12.7 Å². The molecule has 0 aromatic carbocycles. The summed E-state index contributed by atoms with van der Waals surface area (Å²) in [6, 6.07) is 0. The summed E-state index contributed by atoms with van der Waals surface area (Å²) in [6.07, 6.45) is 18.0. The molecule has 0 fully saturated rings. The average molecular weight is 273 g/mol. The van der Waals surface area contributed by atoms with E-state index in [1.807, 2.05) is 6.08 Å². The van der Waals surface area contributed by atoms with Crippen LogP contribution in [-0.4, -0.2) is 5.24 Å². The second-order valence-corrected chi connectivity index (χ2v) is 5.49. The first-order chi connectivity index (χ1) is 8.77. The Morgan fingerprint density at radius 2 is 1.17 bits per heavy atom. The van der Waals surface area contributed by atoms with Crippen molar-refractivity contribution in [1.82, 2.24) is 0 Å². The molecule has 0 N–H and O–H groups in total. The monoisotopic (exact) mass is 272 g/mol. The Bertz CT molecular complexity index is 201. The Labute approximate surface area is 118 Å². The molecule has 1 nitrogen and oxygen atoms in total. The van der Waals surface area contributed by atoms with Crippen LogP contribution >= 0.6 is 11.6 Å². The molecule has 0 heterocycles. The minimum atomic E-state index is -0.188. The predicted octanol–water partition coefficient (Wildman–Crippen LogP) is 6.01. The zero-order valence-electron chi connectivity index (χ0n) is 11.8. The van der Waals surface area contributed by atoms with Crippen LogP contribution in [-0.2, 0) is 4.79 Å². The van der Waals surface area contributed by atoms with Crippen molar-refractivity contribution < 1.29 is 4.79 Å². The normalized spacial score (nSPS) is 10.5. The number of carbonyl (C=O) groups is 1. The summed E-state index contributed by atoms with van der Waals surface area (Å²) in [5, 5.41) is -0.188. The van der Waals surface area contributed by atoms with Crippen LogP contribution in [0.4, 0.5) is 0 Å². The maximum absolute atomic E-state index is 10.5. The summed E-state index contributed by atoms with van der Waals surface area (Å²) in [7, 11) is 0. The van der Waals surface area contributed by atoms with Gasteiger partial charge >= 0.3 is 0 Å². The molecule has 0 rings (SSSR count). The lowest BCUT2D eigenvalue weighted by molar-refractivity contribution is -0.111. The molecule has 18 heavy (non-hydrogen) atoms.